The van der Waals surface area contributed by atoms with Crippen LogP contribution in [0.1, 0.15) is 42.2 Å². The number of benzene rings is 2. The monoisotopic (exact) mass is 323 g/mol. The maximum atomic E-state index is 6.40. The zero-order chi connectivity index (χ0) is 15.6. The van der Waals surface area contributed by atoms with Gasteiger partial charge in [-0.05, 0) is 36.5 Å². The van der Waals surface area contributed by atoms with Gasteiger partial charge in [0.25, 0.3) is 0 Å². The van der Waals surface area contributed by atoms with Crippen LogP contribution in [0.5, 0.6) is 0 Å². The third-order valence-corrected chi connectivity index (χ3v) is 5.62. The van der Waals surface area contributed by atoms with Crippen molar-refractivity contribution >= 4 is 11.6 Å². The van der Waals surface area contributed by atoms with Gasteiger partial charge in [0.05, 0.1) is 0 Å². The highest BCUT2D eigenvalue weighted by atomic mass is 35.5. The second-order valence-electron chi connectivity index (χ2n) is 6.67. The van der Waals surface area contributed by atoms with Crippen LogP contribution in [0, 0.1) is 0 Å². The smallest absolute Gasteiger partial charge is 0.0441 e. The van der Waals surface area contributed by atoms with E-state index in [1.54, 1.807) is 0 Å². The van der Waals surface area contributed by atoms with Gasteiger partial charge in [-0.1, -0.05) is 66.2 Å². The fourth-order valence-electron chi connectivity index (χ4n) is 4.01. The molecule has 1 nitrogen and oxygen atoms in total. The fourth-order valence-corrected chi connectivity index (χ4v) is 4.30. The highest BCUT2D eigenvalue weighted by Gasteiger charge is 2.29. The summed E-state index contributed by atoms with van der Waals surface area (Å²) in [6.45, 7) is 2.27. The van der Waals surface area contributed by atoms with E-state index in [2.05, 4.69) is 53.4 Å². The Morgan fingerprint density at radius 2 is 1.70 bits per heavy atom. The first-order valence-electron chi connectivity index (χ1n) is 8.56. The van der Waals surface area contributed by atoms with Crippen molar-refractivity contribution in [3.05, 3.63) is 82.5 Å². The predicted molar refractivity (Wildman–Crippen MR) is 96.9 cm³/mol. The normalized spacial score (nSPS) is 24.0. The maximum Gasteiger partial charge on any atom is 0.0441 e. The molecule has 23 heavy (non-hydrogen) atoms. The van der Waals surface area contributed by atoms with Gasteiger partial charge in [-0.3, -0.25) is 0 Å². The van der Waals surface area contributed by atoms with Crippen LogP contribution < -0.4 is 0 Å². The molecule has 4 rings (SSSR count). The van der Waals surface area contributed by atoms with Crippen molar-refractivity contribution in [3.63, 3.8) is 0 Å². The quantitative estimate of drug-likeness (QED) is 0.696. The molecular formula is C21H22ClN. The molecule has 1 unspecified atom stereocenters. The molecule has 0 spiro atoms. The molecule has 2 aromatic carbocycles. The molecule has 2 heteroatoms. The molecule has 0 N–H and O–H groups in total. The molecule has 0 aliphatic carbocycles. The second-order valence-corrected chi connectivity index (χ2v) is 7.07. The highest BCUT2D eigenvalue weighted by Crippen LogP contribution is 2.39. The van der Waals surface area contributed by atoms with Gasteiger partial charge >= 0.3 is 0 Å². The van der Waals surface area contributed by atoms with Gasteiger partial charge in [0, 0.05) is 35.6 Å². The number of hydrogen-bond acceptors (Lipinski definition) is 1. The minimum atomic E-state index is 0.564. The first kappa shape index (κ1) is 14.8. The van der Waals surface area contributed by atoms with Gasteiger partial charge < -0.3 is 4.90 Å². The van der Waals surface area contributed by atoms with E-state index in [0.717, 1.165) is 18.1 Å². The Labute approximate surface area is 143 Å². The van der Waals surface area contributed by atoms with Crippen LogP contribution in [0.4, 0.5) is 0 Å². The molecule has 1 fully saturated rings. The zero-order valence-electron chi connectivity index (χ0n) is 13.3. The van der Waals surface area contributed by atoms with Crippen LogP contribution in [-0.4, -0.2) is 18.0 Å². The van der Waals surface area contributed by atoms with Crippen LogP contribution in [0.3, 0.4) is 0 Å². The molecule has 118 valence electrons. The van der Waals surface area contributed by atoms with Crippen molar-refractivity contribution in [1.82, 2.24) is 4.90 Å². The lowest BCUT2D eigenvalue weighted by molar-refractivity contribution is 0.244. The van der Waals surface area contributed by atoms with Crippen molar-refractivity contribution in [1.29, 1.82) is 0 Å². The summed E-state index contributed by atoms with van der Waals surface area (Å²) in [5.74, 6) is 1.15. The van der Waals surface area contributed by atoms with Gasteiger partial charge in [-0.15, -0.1) is 0 Å². The van der Waals surface area contributed by atoms with E-state index in [9.17, 15) is 0 Å². The molecule has 2 aliphatic heterocycles. The topological polar surface area (TPSA) is 3.24 Å². The van der Waals surface area contributed by atoms with Crippen LogP contribution >= 0.6 is 11.6 Å². The Kier molecular flexibility index (Phi) is 4.13. The number of allylic oxidation sites excluding steroid dienone is 2. The molecule has 0 aromatic heterocycles. The van der Waals surface area contributed by atoms with E-state index >= 15 is 0 Å². The lowest BCUT2D eigenvalue weighted by Crippen LogP contribution is -2.36. The molecule has 1 saturated heterocycles. The summed E-state index contributed by atoms with van der Waals surface area (Å²) in [5.41, 5.74) is 4.31. The molecule has 2 aromatic rings. The SMILES string of the molecule is Clc1ccccc1[C@@H]1CCC2=CC(c3ccccc3)CCN2C1. The summed E-state index contributed by atoms with van der Waals surface area (Å²) < 4.78 is 0. The molecule has 0 bridgehead atoms. The van der Waals surface area contributed by atoms with Crippen molar-refractivity contribution in [3.8, 4) is 0 Å². The molecule has 0 amide bonds. The lowest BCUT2D eigenvalue weighted by Gasteiger charge is -2.41. The van der Waals surface area contributed by atoms with Gasteiger partial charge in [0.2, 0.25) is 0 Å². The largest absolute Gasteiger partial charge is 0.374 e. The van der Waals surface area contributed by atoms with E-state index in [4.69, 9.17) is 11.6 Å². The number of hydrogen-bond donors (Lipinski definition) is 0. The molecular weight excluding hydrogens is 302 g/mol. The van der Waals surface area contributed by atoms with E-state index in [0.29, 0.717) is 11.8 Å². The van der Waals surface area contributed by atoms with Crippen molar-refractivity contribution in [2.75, 3.05) is 13.1 Å². The Morgan fingerprint density at radius 1 is 0.913 bits per heavy atom. The lowest BCUT2D eigenvalue weighted by atomic mass is 9.84. The third kappa shape index (κ3) is 3.03. The van der Waals surface area contributed by atoms with Crippen LogP contribution in [-0.2, 0) is 0 Å². The van der Waals surface area contributed by atoms with Gasteiger partial charge in [-0.25, -0.2) is 0 Å². The number of nitrogens with zero attached hydrogens (tertiary/aromatic N) is 1. The standard InChI is InChI=1S/C21H22ClN/c22-21-9-5-4-8-20(21)18-10-11-19-14-17(12-13-23(19)15-18)16-6-2-1-3-7-16/h1-9,14,17-18H,10-13,15H2/t17?,18-/m1/s1. The molecule has 2 aliphatic rings. The molecule has 2 heterocycles. The number of rotatable bonds is 2. The van der Waals surface area contributed by atoms with Crippen molar-refractivity contribution in [2.45, 2.75) is 31.1 Å². The minimum Gasteiger partial charge on any atom is -0.374 e. The van der Waals surface area contributed by atoms with Crippen LogP contribution in [0.15, 0.2) is 66.4 Å². The summed E-state index contributed by atoms with van der Waals surface area (Å²) in [7, 11) is 0. The first-order chi connectivity index (χ1) is 11.3. The van der Waals surface area contributed by atoms with Crippen LogP contribution in [0.25, 0.3) is 0 Å². The minimum absolute atomic E-state index is 0.564. The molecule has 2 atom stereocenters. The van der Waals surface area contributed by atoms with Crippen LogP contribution in [0.2, 0.25) is 5.02 Å². The zero-order valence-corrected chi connectivity index (χ0v) is 14.0. The summed E-state index contributed by atoms with van der Waals surface area (Å²) in [4.78, 5) is 2.58. The third-order valence-electron chi connectivity index (χ3n) is 5.27. The Morgan fingerprint density at radius 3 is 2.52 bits per heavy atom. The molecule has 0 radical (unpaired) electrons. The molecule has 0 saturated carbocycles. The fraction of sp³-hybridized carbons (Fsp3) is 0.333. The summed E-state index contributed by atoms with van der Waals surface area (Å²) in [5, 5.41) is 0.920. The predicted octanol–water partition coefficient (Wildman–Crippen LogP) is 5.59. The Hall–Kier alpha value is -1.73. The van der Waals surface area contributed by atoms with Crippen molar-refractivity contribution in [2.24, 2.45) is 0 Å². The highest BCUT2D eigenvalue weighted by molar-refractivity contribution is 6.31. The average Bonchev–Trinajstić information content (AvgIpc) is 2.62. The van der Waals surface area contributed by atoms with E-state index in [1.165, 1.54) is 36.1 Å². The number of halogens is 1. The second kappa shape index (κ2) is 6.41. The number of fused-ring (bicyclic) bond motifs is 1. The Balaban J connectivity index is 1.52. The van der Waals surface area contributed by atoms with Gasteiger partial charge in [0.1, 0.15) is 0 Å². The summed E-state index contributed by atoms with van der Waals surface area (Å²) >= 11 is 6.40. The average molecular weight is 324 g/mol. The van der Waals surface area contributed by atoms with E-state index < -0.39 is 0 Å². The Bertz CT molecular complexity index is 707. The number of piperidine rings is 1. The van der Waals surface area contributed by atoms with Gasteiger partial charge in [-0.2, -0.15) is 0 Å². The first-order valence-corrected chi connectivity index (χ1v) is 8.94. The summed E-state index contributed by atoms with van der Waals surface area (Å²) in [6, 6.07) is 19.2. The van der Waals surface area contributed by atoms with Gasteiger partial charge in [0.15, 0.2) is 0 Å². The summed E-state index contributed by atoms with van der Waals surface area (Å²) in [6.07, 6.45) is 6.08. The van der Waals surface area contributed by atoms with E-state index in [-0.39, 0.29) is 0 Å². The van der Waals surface area contributed by atoms with Crippen molar-refractivity contribution < 1.29 is 0 Å². The van der Waals surface area contributed by atoms with E-state index in [1.807, 2.05) is 12.1 Å². The maximum absolute atomic E-state index is 6.40.